The van der Waals surface area contributed by atoms with Crippen molar-refractivity contribution in [3.8, 4) is 5.69 Å². The van der Waals surface area contributed by atoms with Gasteiger partial charge in [0.15, 0.2) is 0 Å². The number of nitrogens with one attached hydrogen (secondary N) is 1. The molecule has 5 atom stereocenters. The largest absolute Gasteiger partial charge is 0.318 e. The maximum atomic E-state index is 13.0. The summed E-state index contributed by atoms with van der Waals surface area (Å²) in [6, 6.07) is 8.13. The van der Waals surface area contributed by atoms with Crippen LogP contribution in [-0.2, 0) is 21.4 Å². The van der Waals surface area contributed by atoms with Crippen molar-refractivity contribution < 1.29 is 14.4 Å². The molecule has 1 saturated carbocycles. The van der Waals surface area contributed by atoms with E-state index in [-0.39, 0.29) is 46.7 Å². The molecule has 3 aliphatic rings. The van der Waals surface area contributed by atoms with Gasteiger partial charge in [0.05, 0.1) is 23.2 Å². The number of amides is 3. The number of anilines is 1. The standard InChI is InChI=1S/C23H24N4O4/c1-12-19(23(31)27(25(12)3)16-7-5-4-6-8-16)24-20(28)13(2)26-21(29)17-14-9-10-15(11-14)18(17)22(26)30/h4-10,13-15,17-18H,11H2,1-3H3,(H,24,28)/t13-,14+,15+,17-,18+/m1/s1. The van der Waals surface area contributed by atoms with Gasteiger partial charge in [0.25, 0.3) is 5.56 Å². The van der Waals surface area contributed by atoms with Gasteiger partial charge >= 0.3 is 0 Å². The van der Waals surface area contributed by atoms with Crippen LogP contribution in [0.15, 0.2) is 47.3 Å². The number of rotatable bonds is 4. The summed E-state index contributed by atoms with van der Waals surface area (Å²) in [7, 11) is 1.74. The van der Waals surface area contributed by atoms with E-state index in [1.54, 1.807) is 30.8 Å². The summed E-state index contributed by atoms with van der Waals surface area (Å²) in [5, 5.41) is 2.68. The van der Waals surface area contributed by atoms with E-state index in [9.17, 15) is 19.2 Å². The third-order valence-corrected chi connectivity index (χ3v) is 7.07. The van der Waals surface area contributed by atoms with E-state index < -0.39 is 11.9 Å². The topological polar surface area (TPSA) is 93.4 Å². The Hall–Kier alpha value is -3.42. The van der Waals surface area contributed by atoms with Gasteiger partial charge < -0.3 is 5.32 Å². The second-order valence-corrected chi connectivity index (χ2v) is 8.65. The highest BCUT2D eigenvalue weighted by Gasteiger charge is 2.60. The van der Waals surface area contributed by atoms with Crippen molar-refractivity contribution in [3.63, 3.8) is 0 Å². The van der Waals surface area contributed by atoms with E-state index in [0.29, 0.717) is 11.4 Å². The van der Waals surface area contributed by atoms with Crippen molar-refractivity contribution in [2.75, 3.05) is 5.32 Å². The fourth-order valence-electron chi connectivity index (χ4n) is 5.36. The van der Waals surface area contributed by atoms with Crippen LogP contribution in [0.4, 0.5) is 5.69 Å². The Morgan fingerprint density at radius 3 is 2.19 bits per heavy atom. The van der Waals surface area contributed by atoms with Gasteiger partial charge in [-0.05, 0) is 44.2 Å². The number of nitrogens with zero attached hydrogens (tertiary/aromatic N) is 3. The summed E-state index contributed by atoms with van der Waals surface area (Å²) in [6.45, 7) is 3.27. The first-order valence-electron chi connectivity index (χ1n) is 10.5. The Labute approximate surface area is 179 Å². The third kappa shape index (κ3) is 2.67. The number of imide groups is 1. The molecule has 0 unspecified atom stereocenters. The van der Waals surface area contributed by atoms with Gasteiger partial charge in [0.1, 0.15) is 11.7 Å². The van der Waals surface area contributed by atoms with Crippen LogP contribution >= 0.6 is 0 Å². The van der Waals surface area contributed by atoms with Crippen LogP contribution in [0.1, 0.15) is 19.0 Å². The van der Waals surface area contributed by atoms with Crippen molar-refractivity contribution in [2.45, 2.75) is 26.3 Å². The first kappa shape index (κ1) is 19.5. The molecule has 1 aliphatic heterocycles. The predicted molar refractivity (Wildman–Crippen MR) is 113 cm³/mol. The molecule has 5 rings (SSSR count). The van der Waals surface area contributed by atoms with Crippen molar-refractivity contribution in [1.29, 1.82) is 0 Å². The number of carbonyl (C=O) groups excluding carboxylic acids is 3. The Balaban J connectivity index is 1.41. The molecule has 2 aromatic rings. The lowest BCUT2D eigenvalue weighted by molar-refractivity contribution is -0.146. The lowest BCUT2D eigenvalue weighted by atomic mass is 9.85. The monoisotopic (exact) mass is 420 g/mol. The smallest absolute Gasteiger partial charge is 0.295 e. The van der Waals surface area contributed by atoms with Crippen LogP contribution < -0.4 is 10.9 Å². The van der Waals surface area contributed by atoms with Crippen molar-refractivity contribution >= 4 is 23.4 Å². The van der Waals surface area contributed by atoms with Crippen LogP contribution in [-0.4, -0.2) is 38.0 Å². The van der Waals surface area contributed by atoms with E-state index in [1.807, 2.05) is 30.4 Å². The summed E-state index contributed by atoms with van der Waals surface area (Å²) in [4.78, 5) is 53.1. The van der Waals surface area contributed by atoms with E-state index in [1.165, 1.54) is 11.6 Å². The molecule has 8 heteroatoms. The highest BCUT2D eigenvalue weighted by atomic mass is 16.2. The van der Waals surface area contributed by atoms with Gasteiger partial charge in [-0.1, -0.05) is 30.4 Å². The highest BCUT2D eigenvalue weighted by molar-refractivity contribution is 6.10. The molecule has 1 N–H and O–H groups in total. The van der Waals surface area contributed by atoms with Crippen LogP contribution in [0.2, 0.25) is 0 Å². The van der Waals surface area contributed by atoms with Gasteiger partial charge in [-0.15, -0.1) is 0 Å². The third-order valence-electron chi connectivity index (χ3n) is 7.07. The van der Waals surface area contributed by atoms with Crippen LogP contribution in [0.3, 0.4) is 0 Å². The molecular weight excluding hydrogens is 396 g/mol. The Morgan fingerprint density at radius 2 is 1.61 bits per heavy atom. The average molecular weight is 420 g/mol. The molecular formula is C23H24N4O4. The summed E-state index contributed by atoms with van der Waals surface area (Å²) in [5.41, 5.74) is 1.02. The van der Waals surface area contributed by atoms with Gasteiger partial charge in [-0.2, -0.15) is 0 Å². The van der Waals surface area contributed by atoms with Crippen molar-refractivity contribution in [1.82, 2.24) is 14.3 Å². The molecule has 3 amide bonds. The summed E-state index contributed by atoms with van der Waals surface area (Å²) in [5.74, 6) is -1.64. The molecule has 2 bridgehead atoms. The highest BCUT2D eigenvalue weighted by Crippen LogP contribution is 2.52. The number of likely N-dealkylation sites (tertiary alicyclic amines) is 1. The molecule has 1 aromatic carbocycles. The minimum Gasteiger partial charge on any atom is -0.318 e. The van der Waals surface area contributed by atoms with Crippen molar-refractivity contribution in [3.05, 3.63) is 58.5 Å². The number of hydrogen-bond donors (Lipinski definition) is 1. The normalized spacial score (nSPS) is 27.1. The van der Waals surface area contributed by atoms with E-state index >= 15 is 0 Å². The SMILES string of the molecule is Cc1c(NC(=O)[C@@H](C)N2C(=O)[C@@H]3[C@H](C2=O)[C@H]2C=C[C@H]3C2)c(=O)n(-c2ccccc2)n1C. The Morgan fingerprint density at radius 1 is 1.03 bits per heavy atom. The van der Waals surface area contributed by atoms with Gasteiger partial charge in [0, 0.05) is 7.05 Å². The lowest BCUT2D eigenvalue weighted by Gasteiger charge is -2.23. The first-order chi connectivity index (χ1) is 14.8. The molecule has 31 heavy (non-hydrogen) atoms. The average Bonchev–Trinajstić information content (AvgIpc) is 3.48. The van der Waals surface area contributed by atoms with Crippen molar-refractivity contribution in [2.24, 2.45) is 30.7 Å². The molecule has 0 spiro atoms. The van der Waals surface area contributed by atoms with Gasteiger partial charge in [-0.25, -0.2) is 4.68 Å². The zero-order chi connectivity index (χ0) is 22.0. The lowest BCUT2D eigenvalue weighted by Crippen LogP contribution is -2.47. The molecule has 2 aliphatic carbocycles. The van der Waals surface area contributed by atoms with Gasteiger partial charge in [-0.3, -0.25) is 28.8 Å². The Bertz CT molecular complexity index is 1160. The number of hydrogen-bond acceptors (Lipinski definition) is 4. The number of benzene rings is 1. The van der Waals surface area contributed by atoms with Gasteiger partial charge in [0.2, 0.25) is 17.7 Å². The molecule has 0 radical (unpaired) electrons. The zero-order valence-corrected chi connectivity index (χ0v) is 17.6. The molecule has 1 saturated heterocycles. The number of allylic oxidation sites excluding steroid dienone is 2. The fraction of sp³-hybridized carbons (Fsp3) is 0.391. The summed E-state index contributed by atoms with van der Waals surface area (Å²) in [6.07, 6.45) is 4.87. The second-order valence-electron chi connectivity index (χ2n) is 8.65. The number of aromatic nitrogens is 2. The molecule has 2 heterocycles. The van der Waals surface area contributed by atoms with Crippen LogP contribution in [0, 0.1) is 30.6 Å². The molecule has 8 nitrogen and oxygen atoms in total. The Kier molecular flexibility index (Phi) is 4.28. The second kappa shape index (κ2) is 6.80. The number of para-hydroxylation sites is 1. The number of fused-ring (bicyclic) bond motifs is 5. The predicted octanol–water partition coefficient (Wildman–Crippen LogP) is 1.62. The quantitative estimate of drug-likeness (QED) is 0.601. The minimum atomic E-state index is -0.991. The molecule has 2 fully saturated rings. The van der Waals surface area contributed by atoms with E-state index in [2.05, 4.69) is 5.32 Å². The zero-order valence-electron chi connectivity index (χ0n) is 17.6. The fourth-order valence-corrected chi connectivity index (χ4v) is 5.36. The molecule has 160 valence electrons. The van der Waals surface area contributed by atoms with E-state index in [4.69, 9.17) is 0 Å². The first-order valence-corrected chi connectivity index (χ1v) is 10.5. The minimum absolute atomic E-state index is 0.0844. The maximum absolute atomic E-state index is 13.0. The van der Waals surface area contributed by atoms with E-state index in [0.717, 1.165) is 11.3 Å². The number of carbonyl (C=O) groups is 3. The maximum Gasteiger partial charge on any atom is 0.295 e. The summed E-state index contributed by atoms with van der Waals surface area (Å²) >= 11 is 0. The van der Waals surface area contributed by atoms with Crippen LogP contribution in [0.25, 0.3) is 5.69 Å². The molecule has 1 aromatic heterocycles. The van der Waals surface area contributed by atoms with Crippen LogP contribution in [0.5, 0.6) is 0 Å². The summed E-state index contributed by atoms with van der Waals surface area (Å²) < 4.78 is 3.13.